The molecule has 32 heteroatoms. The van der Waals surface area contributed by atoms with Crippen molar-refractivity contribution in [1.29, 1.82) is 0 Å². The molecule has 0 atom stereocenters. The van der Waals surface area contributed by atoms with Crippen LogP contribution in [0, 0.1) is 27.7 Å². The predicted octanol–water partition coefficient (Wildman–Crippen LogP) is 8.53. The lowest BCUT2D eigenvalue weighted by Crippen LogP contribution is -2.23. The number of benzene rings is 8. The number of nitrogens with zero attached hydrogens (tertiary/aromatic N) is 12. The number of carbonyl (C=O) groups excluding carboxylic acids is 12. The molecule has 120 heavy (non-hydrogen) atoms. The molecule has 0 radical (unpaired) electrons. The van der Waals surface area contributed by atoms with Gasteiger partial charge >= 0.3 is 0 Å². The molecular formula is C88H76N20O12. The Morgan fingerprint density at radius 3 is 0.625 bits per heavy atom. The van der Waals surface area contributed by atoms with Crippen molar-refractivity contribution in [3.63, 3.8) is 0 Å². The smallest absolute Gasteiger partial charge is 0.267 e. The number of aromatic nitrogens is 8. The topological polar surface area (TPSA) is 473 Å². The van der Waals surface area contributed by atoms with Crippen molar-refractivity contribution in [1.82, 2.24) is 61.1 Å². The fourth-order valence-corrected chi connectivity index (χ4v) is 13.6. The van der Waals surface area contributed by atoms with Gasteiger partial charge in [-0.05, 0) is 100 Å². The molecule has 4 aromatic heterocycles. The molecule has 12 aromatic rings. The minimum atomic E-state index is -0.726. The third kappa shape index (κ3) is 16.8. The lowest BCUT2D eigenvalue weighted by Gasteiger charge is -2.18. The van der Waals surface area contributed by atoms with E-state index in [0.29, 0.717) is 136 Å². The summed E-state index contributed by atoms with van der Waals surface area (Å²) in [6.45, 7) is 7.84. The Bertz CT molecular complexity index is 5510. The average molecular weight is 1610 g/mol. The number of hydrogen-bond donors (Lipinski definition) is 8. The maximum atomic E-state index is 12.9. The lowest BCUT2D eigenvalue weighted by molar-refractivity contribution is -0.117. The molecule has 0 spiro atoms. The summed E-state index contributed by atoms with van der Waals surface area (Å²) in [6.07, 6.45) is -0.198. The highest BCUT2D eigenvalue weighted by Crippen LogP contribution is 2.42. The third-order valence-electron chi connectivity index (χ3n) is 19.6. The van der Waals surface area contributed by atoms with Crippen molar-refractivity contribution in [2.75, 3.05) is 47.8 Å². The molecule has 12 N–H and O–H groups in total. The molecule has 16 rings (SSSR count). The second-order valence-corrected chi connectivity index (χ2v) is 27.9. The van der Waals surface area contributed by atoms with Crippen LogP contribution in [0.3, 0.4) is 0 Å². The Kier molecular flexibility index (Phi) is 23.4. The van der Waals surface area contributed by atoms with Gasteiger partial charge < -0.3 is 44.2 Å². The first-order valence-corrected chi connectivity index (χ1v) is 37.3. The van der Waals surface area contributed by atoms with E-state index in [9.17, 15) is 57.5 Å². The summed E-state index contributed by atoms with van der Waals surface area (Å²) in [5.41, 5.74) is 34.4. The number of nitrogens with one attached hydrogen (secondary N) is 4. The first-order valence-electron chi connectivity index (χ1n) is 37.3. The second-order valence-electron chi connectivity index (χ2n) is 27.9. The van der Waals surface area contributed by atoms with Crippen LogP contribution in [0.15, 0.2) is 194 Å². The van der Waals surface area contributed by atoms with E-state index in [0.717, 1.165) is 22.3 Å². The molecule has 4 aliphatic heterocycles. The summed E-state index contributed by atoms with van der Waals surface area (Å²) >= 11 is 0. The number of hydrogen-bond acceptors (Lipinski definition) is 20. The molecule has 0 saturated carbocycles. The lowest BCUT2D eigenvalue weighted by atomic mass is 10.1. The van der Waals surface area contributed by atoms with Crippen LogP contribution in [0.25, 0.3) is 45.6 Å². The normalized spacial score (nSPS) is 12.6. The third-order valence-corrected chi connectivity index (χ3v) is 19.6. The summed E-state index contributed by atoms with van der Waals surface area (Å²) in [7, 11) is 6.13. The standard InChI is InChI=1S/4C22H19N5O3/c4*1-12-6-8-13(9-7-12)20-25-18(19(23)29)16-11-17(28)27(21(16)26-20)15-5-3-4-14(10-15)22(30)24-2/h4*3-10H,11H2,1-2H3,(H2,23,29)(H,24,30). The van der Waals surface area contributed by atoms with Gasteiger partial charge in [-0.3, -0.25) is 77.1 Å². The number of fused-ring (bicyclic) bond motifs is 4. The first kappa shape index (κ1) is 81.7. The second kappa shape index (κ2) is 34.4. The minimum Gasteiger partial charge on any atom is -0.364 e. The number of anilines is 8. The van der Waals surface area contributed by atoms with Crippen LogP contribution in [0.2, 0.25) is 0 Å². The molecule has 4 aliphatic rings. The molecule has 8 heterocycles. The summed E-state index contributed by atoms with van der Waals surface area (Å²) < 4.78 is 0. The summed E-state index contributed by atoms with van der Waals surface area (Å²) in [4.78, 5) is 189. The van der Waals surface area contributed by atoms with Crippen molar-refractivity contribution in [3.05, 3.63) is 284 Å². The summed E-state index contributed by atoms with van der Waals surface area (Å²) in [5.74, 6) is -2.74. The van der Waals surface area contributed by atoms with Gasteiger partial charge in [0.2, 0.25) is 23.6 Å². The molecule has 600 valence electrons. The highest BCUT2D eigenvalue weighted by Gasteiger charge is 2.40. The van der Waals surface area contributed by atoms with Crippen molar-refractivity contribution in [3.8, 4) is 45.6 Å². The molecule has 0 unspecified atom stereocenters. The van der Waals surface area contributed by atoms with E-state index in [2.05, 4.69) is 61.1 Å². The van der Waals surface area contributed by atoms with Crippen LogP contribution in [-0.2, 0) is 44.9 Å². The predicted molar refractivity (Wildman–Crippen MR) is 446 cm³/mol. The SMILES string of the molecule is CNC(=O)c1cccc(N2C(=O)Cc3c(C(N)=O)nc(-c4ccc(C)cc4)nc32)c1.CNC(=O)c1cccc(N2C(=O)Cc3c(C(N)=O)nc(-c4ccc(C)cc4)nc32)c1.CNC(=O)c1cccc(N2C(=O)Cc3c(C(N)=O)nc(-c4ccc(C)cc4)nc32)c1.CNC(=O)c1cccc(N2C(=O)Cc3c(C(N)=O)nc(-c4ccc(C)cc4)nc32)c1. The molecule has 32 nitrogen and oxygen atoms in total. The van der Waals surface area contributed by atoms with Gasteiger partial charge in [-0.25, -0.2) is 39.9 Å². The zero-order chi connectivity index (χ0) is 85.7. The van der Waals surface area contributed by atoms with Crippen LogP contribution < -0.4 is 63.8 Å². The molecule has 0 bridgehead atoms. The molecule has 12 amide bonds. The van der Waals surface area contributed by atoms with Gasteiger partial charge in [-0.2, -0.15) is 0 Å². The first-order chi connectivity index (χ1) is 57.5. The fourth-order valence-electron chi connectivity index (χ4n) is 13.6. The minimum absolute atomic E-state index is 0.0221. The highest BCUT2D eigenvalue weighted by molar-refractivity contribution is 6.14. The van der Waals surface area contributed by atoms with E-state index in [1.807, 2.05) is 125 Å². The Morgan fingerprint density at radius 1 is 0.275 bits per heavy atom. The monoisotopic (exact) mass is 1600 g/mol. The number of rotatable bonds is 16. The molecule has 0 aliphatic carbocycles. The van der Waals surface area contributed by atoms with Gasteiger partial charge in [0.1, 0.15) is 46.0 Å². The van der Waals surface area contributed by atoms with Crippen LogP contribution in [0.5, 0.6) is 0 Å². The molecule has 0 fully saturated rings. The Balaban J connectivity index is 0.000000138. The van der Waals surface area contributed by atoms with E-state index < -0.39 is 23.6 Å². The van der Waals surface area contributed by atoms with Crippen LogP contribution in [0.4, 0.5) is 46.0 Å². The Hall–Kier alpha value is -16.3. The quantitative estimate of drug-likeness (QED) is 0.0449. The summed E-state index contributed by atoms with van der Waals surface area (Å²) in [5, 5.41) is 10.2. The number of amides is 12. The van der Waals surface area contributed by atoms with E-state index >= 15 is 0 Å². The van der Waals surface area contributed by atoms with Gasteiger partial charge in [0, 0.05) is 95.0 Å². The number of primary amides is 4. The molecule has 8 aromatic carbocycles. The zero-order valence-electron chi connectivity index (χ0n) is 65.9. The van der Waals surface area contributed by atoms with E-state index in [1.165, 1.54) is 47.8 Å². The maximum Gasteiger partial charge on any atom is 0.267 e. The van der Waals surface area contributed by atoms with E-state index in [-0.39, 0.29) is 95.7 Å². The Labute approximate surface area is 685 Å². The molecular weight excluding hydrogens is 1530 g/mol. The summed E-state index contributed by atoms with van der Waals surface area (Å²) in [6, 6.07) is 56.6. The average Bonchev–Trinajstić information content (AvgIpc) is 1.62. The number of nitrogens with two attached hydrogens (primary N) is 4. The van der Waals surface area contributed by atoms with Crippen LogP contribution >= 0.6 is 0 Å². The van der Waals surface area contributed by atoms with Gasteiger partial charge in [0.25, 0.3) is 47.3 Å². The van der Waals surface area contributed by atoms with Crippen molar-refractivity contribution in [2.24, 2.45) is 22.9 Å². The van der Waals surface area contributed by atoms with Gasteiger partial charge in [-0.1, -0.05) is 144 Å². The van der Waals surface area contributed by atoms with Crippen LogP contribution in [-0.4, -0.2) is 139 Å². The van der Waals surface area contributed by atoms with Crippen molar-refractivity contribution >= 4 is 117 Å². The van der Waals surface area contributed by atoms with Gasteiger partial charge in [0.15, 0.2) is 23.3 Å². The number of aryl methyl sites for hydroxylation is 4. The largest absolute Gasteiger partial charge is 0.364 e. The van der Waals surface area contributed by atoms with Crippen molar-refractivity contribution < 1.29 is 57.5 Å². The Morgan fingerprint density at radius 2 is 0.458 bits per heavy atom. The van der Waals surface area contributed by atoms with Crippen molar-refractivity contribution in [2.45, 2.75) is 53.4 Å². The zero-order valence-corrected chi connectivity index (χ0v) is 65.9. The van der Waals surface area contributed by atoms with Gasteiger partial charge in [0.05, 0.1) is 48.4 Å². The van der Waals surface area contributed by atoms with E-state index in [4.69, 9.17) is 22.9 Å². The maximum absolute atomic E-state index is 12.9. The van der Waals surface area contributed by atoms with Crippen LogP contribution in [0.1, 0.15) is 128 Å². The highest BCUT2D eigenvalue weighted by atomic mass is 16.2. The fraction of sp³-hybridized carbons (Fsp3) is 0.136. The van der Waals surface area contributed by atoms with Gasteiger partial charge in [-0.15, -0.1) is 0 Å². The van der Waals surface area contributed by atoms with E-state index in [1.54, 1.807) is 97.1 Å². The molecule has 0 saturated heterocycles. The number of carbonyl (C=O) groups is 12.